The maximum Gasteiger partial charge on any atom is 0.292 e. The number of carbonyl (C=O) groups is 1. The lowest BCUT2D eigenvalue weighted by Crippen LogP contribution is -2.38. The molecule has 4 rings (SSSR count). The van der Waals surface area contributed by atoms with E-state index >= 15 is 0 Å². The lowest BCUT2D eigenvalue weighted by Gasteiger charge is -2.32. The van der Waals surface area contributed by atoms with Gasteiger partial charge in [-0.05, 0) is 18.9 Å². The summed E-state index contributed by atoms with van der Waals surface area (Å²) in [7, 11) is 0. The van der Waals surface area contributed by atoms with Crippen molar-refractivity contribution >= 4 is 33.8 Å². The molecule has 0 bridgehead atoms. The number of nitrogens with one attached hydrogen (secondary N) is 1. The first kappa shape index (κ1) is 19.1. The minimum atomic E-state index is -0.360. The first-order chi connectivity index (χ1) is 14.1. The van der Waals surface area contributed by atoms with E-state index in [4.69, 9.17) is 0 Å². The number of para-hydroxylation sites is 2. The van der Waals surface area contributed by atoms with E-state index in [0.717, 1.165) is 11.3 Å². The summed E-state index contributed by atoms with van der Waals surface area (Å²) in [4.78, 5) is 30.0. The number of piperidine rings is 1. The van der Waals surface area contributed by atoms with Gasteiger partial charge in [0.15, 0.2) is 5.13 Å². The Morgan fingerprint density at radius 1 is 1.10 bits per heavy atom. The van der Waals surface area contributed by atoms with Crippen molar-refractivity contribution in [3.8, 4) is 11.3 Å². The Kier molecular flexibility index (Phi) is 5.53. The number of hydrogen-bond acceptors (Lipinski definition) is 6. The van der Waals surface area contributed by atoms with Gasteiger partial charge in [0.1, 0.15) is 5.69 Å². The van der Waals surface area contributed by atoms with Crippen molar-refractivity contribution in [1.29, 1.82) is 0 Å². The molecule has 29 heavy (non-hydrogen) atoms. The number of rotatable bonds is 5. The Balaban J connectivity index is 1.36. The largest absolute Gasteiger partial charge is 0.366 e. The van der Waals surface area contributed by atoms with E-state index in [2.05, 4.69) is 10.3 Å². The molecule has 2 heterocycles. The van der Waals surface area contributed by atoms with Crippen LogP contribution in [0.1, 0.15) is 12.8 Å². The summed E-state index contributed by atoms with van der Waals surface area (Å²) in [5.41, 5.74) is 2.58. The Morgan fingerprint density at radius 2 is 1.79 bits per heavy atom. The van der Waals surface area contributed by atoms with Crippen molar-refractivity contribution < 1.29 is 9.72 Å². The molecule has 1 amide bonds. The predicted octanol–water partition coefficient (Wildman–Crippen LogP) is 4.57. The molecule has 1 fully saturated rings. The molecule has 0 atom stereocenters. The first-order valence-electron chi connectivity index (χ1n) is 9.42. The highest BCUT2D eigenvalue weighted by molar-refractivity contribution is 7.14. The van der Waals surface area contributed by atoms with E-state index in [1.165, 1.54) is 17.4 Å². The SMILES string of the molecule is O=C(Nc1nc(-c2ccccc2)cs1)C1CCN(c2ccccc2[N+](=O)[O-])CC1. The lowest BCUT2D eigenvalue weighted by molar-refractivity contribution is -0.384. The van der Waals surface area contributed by atoms with Crippen LogP contribution in [0.5, 0.6) is 0 Å². The Labute approximate surface area is 172 Å². The summed E-state index contributed by atoms with van der Waals surface area (Å²) >= 11 is 1.41. The molecule has 148 valence electrons. The highest BCUT2D eigenvalue weighted by atomic mass is 32.1. The Hall–Kier alpha value is -3.26. The molecule has 1 aliphatic rings. The van der Waals surface area contributed by atoms with Crippen molar-refractivity contribution in [3.05, 3.63) is 70.1 Å². The minimum Gasteiger partial charge on any atom is -0.366 e. The number of nitro benzene ring substituents is 1. The van der Waals surface area contributed by atoms with Gasteiger partial charge < -0.3 is 10.2 Å². The van der Waals surface area contributed by atoms with Gasteiger partial charge in [-0.2, -0.15) is 0 Å². The van der Waals surface area contributed by atoms with E-state index in [0.29, 0.717) is 36.8 Å². The summed E-state index contributed by atoms with van der Waals surface area (Å²) in [5.74, 6) is -0.167. The van der Waals surface area contributed by atoms with Crippen LogP contribution in [0, 0.1) is 16.0 Å². The maximum atomic E-state index is 12.7. The number of thiazole rings is 1. The average Bonchev–Trinajstić information content (AvgIpc) is 3.23. The van der Waals surface area contributed by atoms with Gasteiger partial charge in [-0.25, -0.2) is 4.98 Å². The summed E-state index contributed by atoms with van der Waals surface area (Å²) in [6.45, 7) is 1.21. The van der Waals surface area contributed by atoms with E-state index in [9.17, 15) is 14.9 Å². The molecule has 8 heteroatoms. The summed E-state index contributed by atoms with van der Waals surface area (Å²) < 4.78 is 0. The zero-order valence-corrected chi connectivity index (χ0v) is 16.5. The number of anilines is 2. The normalized spacial score (nSPS) is 14.6. The molecular formula is C21H20N4O3S. The molecule has 0 aliphatic carbocycles. The van der Waals surface area contributed by atoms with E-state index < -0.39 is 0 Å². The molecule has 7 nitrogen and oxygen atoms in total. The minimum absolute atomic E-state index is 0.0406. The van der Waals surface area contributed by atoms with Crippen LogP contribution in [0.25, 0.3) is 11.3 Å². The van der Waals surface area contributed by atoms with Gasteiger partial charge in [-0.1, -0.05) is 42.5 Å². The second kappa shape index (κ2) is 8.40. The molecule has 2 aromatic carbocycles. The summed E-state index contributed by atoms with van der Waals surface area (Å²) in [5, 5.41) is 16.7. The molecule has 0 spiro atoms. The number of amides is 1. The van der Waals surface area contributed by atoms with Crippen LogP contribution in [0.3, 0.4) is 0 Å². The monoisotopic (exact) mass is 408 g/mol. The third kappa shape index (κ3) is 4.27. The molecule has 0 unspecified atom stereocenters. The van der Waals surface area contributed by atoms with Crippen LogP contribution in [0.4, 0.5) is 16.5 Å². The average molecular weight is 408 g/mol. The number of nitro groups is 1. The van der Waals surface area contributed by atoms with Gasteiger partial charge in [0.2, 0.25) is 5.91 Å². The van der Waals surface area contributed by atoms with Gasteiger partial charge in [0.25, 0.3) is 5.69 Å². The fraction of sp³-hybridized carbons (Fsp3) is 0.238. The summed E-state index contributed by atoms with van der Waals surface area (Å²) in [6, 6.07) is 16.6. The van der Waals surface area contributed by atoms with Gasteiger partial charge >= 0.3 is 0 Å². The number of hydrogen-bond donors (Lipinski definition) is 1. The zero-order valence-electron chi connectivity index (χ0n) is 15.7. The fourth-order valence-corrected chi connectivity index (χ4v) is 4.27. The molecule has 1 aliphatic heterocycles. The van der Waals surface area contributed by atoms with Crippen LogP contribution < -0.4 is 10.2 Å². The van der Waals surface area contributed by atoms with E-state index in [1.807, 2.05) is 40.6 Å². The van der Waals surface area contributed by atoms with Crippen molar-refractivity contribution in [2.24, 2.45) is 5.92 Å². The van der Waals surface area contributed by atoms with Gasteiger partial charge in [-0.15, -0.1) is 11.3 Å². The predicted molar refractivity (Wildman–Crippen MR) is 114 cm³/mol. The molecule has 1 aromatic heterocycles. The number of carbonyl (C=O) groups excluding carboxylic acids is 1. The van der Waals surface area contributed by atoms with E-state index in [-0.39, 0.29) is 22.4 Å². The highest BCUT2D eigenvalue weighted by Gasteiger charge is 2.28. The smallest absolute Gasteiger partial charge is 0.292 e. The van der Waals surface area contributed by atoms with Crippen molar-refractivity contribution in [1.82, 2.24) is 4.98 Å². The number of aromatic nitrogens is 1. The van der Waals surface area contributed by atoms with Crippen molar-refractivity contribution in [2.45, 2.75) is 12.8 Å². The first-order valence-corrected chi connectivity index (χ1v) is 10.3. The van der Waals surface area contributed by atoms with E-state index in [1.54, 1.807) is 18.2 Å². The van der Waals surface area contributed by atoms with Gasteiger partial charge in [0.05, 0.1) is 10.6 Å². The molecule has 1 saturated heterocycles. The van der Waals surface area contributed by atoms with Crippen molar-refractivity contribution in [2.75, 3.05) is 23.3 Å². The highest BCUT2D eigenvalue weighted by Crippen LogP contribution is 2.32. The summed E-state index contributed by atoms with van der Waals surface area (Å²) in [6.07, 6.45) is 1.30. The third-order valence-electron chi connectivity index (χ3n) is 5.09. The molecule has 0 radical (unpaired) electrons. The Bertz CT molecular complexity index is 1010. The molecule has 0 saturated carbocycles. The fourth-order valence-electron chi connectivity index (χ4n) is 3.55. The quantitative estimate of drug-likeness (QED) is 0.493. The number of nitrogens with zero attached hydrogens (tertiary/aromatic N) is 3. The third-order valence-corrected chi connectivity index (χ3v) is 5.85. The second-order valence-corrected chi connectivity index (χ2v) is 7.76. The molecule has 1 N–H and O–H groups in total. The van der Waals surface area contributed by atoms with Crippen LogP contribution in [-0.2, 0) is 4.79 Å². The van der Waals surface area contributed by atoms with Gasteiger partial charge in [-0.3, -0.25) is 14.9 Å². The zero-order chi connectivity index (χ0) is 20.2. The van der Waals surface area contributed by atoms with Crippen LogP contribution in [-0.4, -0.2) is 28.9 Å². The standard InChI is InChI=1S/C21H20N4O3S/c26-20(23-21-22-17(14-29-21)15-6-2-1-3-7-15)16-10-12-24(13-11-16)18-8-4-5-9-19(18)25(27)28/h1-9,14,16H,10-13H2,(H,22,23,26). The topological polar surface area (TPSA) is 88.4 Å². The van der Waals surface area contributed by atoms with Gasteiger partial charge in [0, 0.05) is 36.0 Å². The lowest BCUT2D eigenvalue weighted by atomic mass is 9.95. The number of benzene rings is 2. The molecule has 3 aromatic rings. The van der Waals surface area contributed by atoms with Crippen LogP contribution in [0.15, 0.2) is 60.0 Å². The maximum absolute atomic E-state index is 12.7. The van der Waals surface area contributed by atoms with Crippen LogP contribution in [0.2, 0.25) is 0 Å². The van der Waals surface area contributed by atoms with Crippen molar-refractivity contribution in [3.63, 3.8) is 0 Å². The van der Waals surface area contributed by atoms with Crippen LogP contribution >= 0.6 is 11.3 Å². The Morgan fingerprint density at radius 3 is 2.52 bits per heavy atom. The second-order valence-electron chi connectivity index (χ2n) is 6.90. The molecular weight excluding hydrogens is 388 g/mol.